The van der Waals surface area contributed by atoms with Crippen molar-refractivity contribution in [2.24, 2.45) is 40.4 Å². The van der Waals surface area contributed by atoms with Crippen molar-refractivity contribution in [3.8, 4) is 0 Å². The number of carbonyl (C=O) groups excluding carboxylic acids is 1. The first-order valence-corrected chi connectivity index (χ1v) is 15.2. The molecule has 0 saturated heterocycles. The number of ether oxygens (including phenoxy) is 1. The number of esters is 1. The number of hydrogen-bond donors (Lipinski definition) is 1. The maximum absolute atomic E-state index is 12.8. The zero-order chi connectivity index (χ0) is 25.9. The zero-order valence-electron chi connectivity index (χ0n) is 22.1. The summed E-state index contributed by atoms with van der Waals surface area (Å²) in [5.74, 6) is 1.75. The molecule has 7 heteroatoms. The van der Waals surface area contributed by atoms with Crippen molar-refractivity contribution in [2.45, 2.75) is 96.2 Å². The minimum absolute atomic E-state index is 0.0326. The Labute approximate surface area is 216 Å². The second-order valence-electron chi connectivity index (χ2n) is 12.7. The van der Waals surface area contributed by atoms with Crippen LogP contribution in [0.3, 0.4) is 0 Å². The van der Waals surface area contributed by atoms with Gasteiger partial charge in [-0.15, -0.1) is 0 Å². The molecule has 1 N–H and O–H groups in total. The molecule has 4 aliphatic rings. The molecule has 0 amide bonds. The highest BCUT2D eigenvalue weighted by atomic mass is 32.2. The molecule has 0 spiro atoms. The van der Waals surface area contributed by atoms with Crippen LogP contribution < -0.4 is 0 Å². The molecule has 4 saturated carbocycles. The largest absolute Gasteiger partial charge is 0.463 e. The Hall–Kier alpha value is -1.44. The monoisotopic (exact) mass is 518 g/mol. The van der Waals surface area contributed by atoms with Crippen LogP contribution >= 0.6 is 0 Å². The molecule has 0 bridgehead atoms. The van der Waals surface area contributed by atoms with Gasteiger partial charge >= 0.3 is 5.97 Å². The van der Waals surface area contributed by atoms with Gasteiger partial charge in [0.1, 0.15) is 6.10 Å². The lowest BCUT2D eigenvalue weighted by Crippen LogP contribution is -2.54. The smallest absolute Gasteiger partial charge is 0.302 e. The standard InChI is InChI=1S/C29H42O6S/c1-18-5-8-23(9-6-18)36(32,33)34-17-20-15-26-24-10-7-21-16-22(35-19(2)30)11-13-28(21,3)25(24)12-14-29(26,4)27(20)31/h5-6,8-9,20-22,24-27,31H,7,10-17H2,1-4H3/t20-,21-,22-,24+,25-,26-,27-,28-,29-/m0/s1. The van der Waals surface area contributed by atoms with Crippen molar-refractivity contribution in [1.29, 1.82) is 0 Å². The number of rotatable bonds is 5. The Kier molecular flexibility index (Phi) is 6.83. The van der Waals surface area contributed by atoms with Gasteiger partial charge in [-0.3, -0.25) is 8.98 Å². The third-order valence-corrected chi connectivity index (χ3v) is 12.1. The summed E-state index contributed by atoms with van der Waals surface area (Å²) in [5.41, 5.74) is 1.05. The number of aliphatic hydroxyl groups excluding tert-OH is 1. The van der Waals surface area contributed by atoms with Gasteiger partial charge in [0, 0.05) is 12.8 Å². The molecule has 200 valence electrons. The minimum Gasteiger partial charge on any atom is -0.463 e. The van der Waals surface area contributed by atoms with E-state index in [-0.39, 0.29) is 40.3 Å². The summed E-state index contributed by atoms with van der Waals surface area (Å²) in [4.78, 5) is 11.7. The number of hydrogen-bond acceptors (Lipinski definition) is 6. The fraction of sp³-hybridized carbons (Fsp3) is 0.759. The van der Waals surface area contributed by atoms with Crippen molar-refractivity contribution >= 4 is 16.1 Å². The van der Waals surface area contributed by atoms with Gasteiger partial charge < -0.3 is 9.84 Å². The summed E-state index contributed by atoms with van der Waals surface area (Å²) in [7, 11) is -3.85. The average molecular weight is 519 g/mol. The number of aryl methyl sites for hydroxylation is 1. The van der Waals surface area contributed by atoms with Gasteiger partial charge in [0.15, 0.2) is 0 Å². The predicted octanol–water partition coefficient (Wildman–Crippen LogP) is 5.26. The topological polar surface area (TPSA) is 89.9 Å². The van der Waals surface area contributed by atoms with Crippen LogP contribution in [0.25, 0.3) is 0 Å². The van der Waals surface area contributed by atoms with Crippen LogP contribution in [0, 0.1) is 47.3 Å². The van der Waals surface area contributed by atoms with Crippen LogP contribution in [0.5, 0.6) is 0 Å². The highest BCUT2D eigenvalue weighted by Crippen LogP contribution is 2.67. The Morgan fingerprint density at radius 1 is 1.00 bits per heavy atom. The molecule has 6 nitrogen and oxygen atoms in total. The Bertz CT molecular complexity index is 1080. The van der Waals surface area contributed by atoms with E-state index >= 15 is 0 Å². The van der Waals surface area contributed by atoms with E-state index in [1.54, 1.807) is 24.3 Å². The van der Waals surface area contributed by atoms with E-state index in [1.807, 2.05) is 6.92 Å². The molecular weight excluding hydrogens is 476 g/mol. The quantitative estimate of drug-likeness (QED) is 0.422. The molecule has 4 fully saturated rings. The maximum atomic E-state index is 12.8. The van der Waals surface area contributed by atoms with Crippen LogP contribution in [0.4, 0.5) is 0 Å². The fourth-order valence-electron chi connectivity index (χ4n) is 8.82. The molecular formula is C29H42O6S. The van der Waals surface area contributed by atoms with Crippen molar-refractivity contribution in [2.75, 3.05) is 6.61 Å². The van der Waals surface area contributed by atoms with Crippen molar-refractivity contribution < 1.29 is 27.2 Å². The fourth-order valence-corrected chi connectivity index (χ4v) is 9.78. The normalized spacial score (nSPS) is 42.2. The van der Waals surface area contributed by atoms with Crippen molar-refractivity contribution in [1.82, 2.24) is 0 Å². The highest BCUT2D eigenvalue weighted by molar-refractivity contribution is 7.86. The summed E-state index contributed by atoms with van der Waals surface area (Å²) in [5, 5.41) is 11.4. The van der Waals surface area contributed by atoms with Gasteiger partial charge in [0.25, 0.3) is 10.1 Å². The summed E-state index contributed by atoms with van der Waals surface area (Å²) < 4.78 is 36.7. The lowest BCUT2D eigenvalue weighted by Gasteiger charge is -2.60. The second kappa shape index (κ2) is 9.39. The van der Waals surface area contributed by atoms with E-state index in [9.17, 15) is 18.3 Å². The van der Waals surface area contributed by atoms with E-state index < -0.39 is 16.2 Å². The Morgan fingerprint density at radius 3 is 2.39 bits per heavy atom. The molecule has 1 aromatic carbocycles. The summed E-state index contributed by atoms with van der Waals surface area (Å²) >= 11 is 0. The average Bonchev–Trinajstić information content (AvgIpc) is 3.08. The molecule has 4 aliphatic carbocycles. The molecule has 1 aromatic rings. The van der Waals surface area contributed by atoms with E-state index in [2.05, 4.69) is 13.8 Å². The molecule has 0 heterocycles. The van der Waals surface area contributed by atoms with Gasteiger partial charge in [-0.2, -0.15) is 8.42 Å². The molecule has 0 aromatic heterocycles. The summed E-state index contributed by atoms with van der Waals surface area (Å²) in [6.45, 7) is 8.14. The molecule has 0 unspecified atom stereocenters. The zero-order valence-corrected chi connectivity index (χ0v) is 22.9. The molecule has 0 radical (unpaired) electrons. The number of aliphatic hydroxyl groups is 1. The Balaban J connectivity index is 1.28. The summed E-state index contributed by atoms with van der Waals surface area (Å²) in [6.07, 6.45) is 7.67. The van der Waals surface area contributed by atoms with Crippen molar-refractivity contribution in [3.63, 3.8) is 0 Å². The highest BCUT2D eigenvalue weighted by Gasteiger charge is 2.62. The van der Waals surface area contributed by atoms with Gasteiger partial charge in [0.05, 0.1) is 17.6 Å². The first-order valence-electron chi connectivity index (χ1n) is 13.8. The van der Waals surface area contributed by atoms with Gasteiger partial charge in [0.2, 0.25) is 0 Å². The van der Waals surface area contributed by atoms with Crippen LogP contribution in [-0.2, 0) is 23.8 Å². The third-order valence-electron chi connectivity index (χ3n) is 10.8. The van der Waals surface area contributed by atoms with Gasteiger partial charge in [-0.1, -0.05) is 31.5 Å². The van der Waals surface area contributed by atoms with Crippen LogP contribution in [0.1, 0.15) is 77.7 Å². The van der Waals surface area contributed by atoms with E-state index in [0.29, 0.717) is 23.7 Å². The lowest BCUT2D eigenvalue weighted by molar-refractivity contribution is -0.161. The van der Waals surface area contributed by atoms with Crippen LogP contribution in [0.15, 0.2) is 29.2 Å². The molecule has 36 heavy (non-hydrogen) atoms. The minimum atomic E-state index is -3.85. The van der Waals surface area contributed by atoms with Gasteiger partial charge in [-0.05, 0) is 105 Å². The lowest BCUT2D eigenvalue weighted by atomic mass is 9.45. The molecule has 9 atom stereocenters. The van der Waals surface area contributed by atoms with Crippen molar-refractivity contribution in [3.05, 3.63) is 29.8 Å². The van der Waals surface area contributed by atoms with E-state index in [0.717, 1.165) is 56.9 Å². The van der Waals surface area contributed by atoms with Gasteiger partial charge in [-0.25, -0.2) is 0 Å². The van der Waals surface area contributed by atoms with E-state index in [4.69, 9.17) is 8.92 Å². The maximum Gasteiger partial charge on any atom is 0.302 e. The second-order valence-corrected chi connectivity index (χ2v) is 14.3. The predicted molar refractivity (Wildman–Crippen MR) is 136 cm³/mol. The summed E-state index contributed by atoms with van der Waals surface area (Å²) in [6, 6.07) is 6.70. The van der Waals surface area contributed by atoms with Crippen LogP contribution in [0.2, 0.25) is 0 Å². The molecule has 5 rings (SSSR count). The molecule has 0 aliphatic heterocycles. The Morgan fingerprint density at radius 2 is 1.69 bits per heavy atom. The number of carbonyl (C=O) groups is 1. The number of benzene rings is 1. The van der Waals surface area contributed by atoms with E-state index in [1.165, 1.54) is 6.92 Å². The first-order chi connectivity index (χ1) is 16.9. The first kappa shape index (κ1) is 26.2. The SMILES string of the molecule is CC(=O)O[C@H]1CC[C@@]2(C)[C@@H](CC[C@@H]3[C@@H]2CC[C@]2(C)[C@@H](O)[C@H](COS(=O)(=O)c4ccc(C)cc4)C[C@@H]32)C1. The third kappa shape index (κ3) is 4.43. The number of fused-ring (bicyclic) bond motifs is 5. The van der Waals surface area contributed by atoms with Crippen LogP contribution in [-0.4, -0.2) is 38.3 Å².